The maximum absolute atomic E-state index is 9.97. The van der Waals surface area contributed by atoms with E-state index in [1.165, 1.54) is 7.11 Å². The van der Waals surface area contributed by atoms with E-state index < -0.39 is 5.97 Å². The van der Waals surface area contributed by atoms with Gasteiger partial charge in [0.05, 0.1) is 13.2 Å². The van der Waals surface area contributed by atoms with Gasteiger partial charge in [0.2, 0.25) is 0 Å². The fourth-order valence-electron chi connectivity index (χ4n) is 0.443. The lowest BCUT2D eigenvalue weighted by atomic mass is 10.3. The van der Waals surface area contributed by atoms with Crippen molar-refractivity contribution in [2.45, 2.75) is 13.3 Å². The van der Waals surface area contributed by atoms with Crippen molar-refractivity contribution in [1.29, 1.82) is 0 Å². The summed E-state index contributed by atoms with van der Waals surface area (Å²) in [4.78, 5) is 9.97. The highest BCUT2D eigenvalue weighted by atomic mass is 16.5. The first-order chi connectivity index (χ1) is 4.20. The van der Waals surface area contributed by atoms with Crippen molar-refractivity contribution in [2.75, 3.05) is 7.11 Å². The zero-order valence-corrected chi connectivity index (χ0v) is 5.55. The molecule has 9 heavy (non-hydrogen) atoms. The van der Waals surface area contributed by atoms with Crippen LogP contribution >= 0.6 is 0 Å². The van der Waals surface area contributed by atoms with Crippen LogP contribution in [-0.4, -0.2) is 18.2 Å². The third-order valence-electron chi connectivity index (χ3n) is 0.895. The average Bonchev–Trinajstić information content (AvgIpc) is 1.82. The van der Waals surface area contributed by atoms with Crippen molar-refractivity contribution < 1.29 is 14.6 Å². The number of allylic oxidation sites excluding steroid dienone is 1. The lowest BCUT2D eigenvalue weighted by Crippen LogP contribution is -1.92. The van der Waals surface area contributed by atoms with E-state index in [9.17, 15) is 4.79 Å². The van der Waals surface area contributed by atoms with Crippen LogP contribution in [0.3, 0.4) is 0 Å². The molecule has 1 N–H and O–H groups in total. The largest absolute Gasteiger partial charge is 0.501 e. The van der Waals surface area contributed by atoms with Crippen molar-refractivity contribution >= 4 is 5.97 Å². The summed E-state index contributed by atoms with van der Waals surface area (Å²) in [5.41, 5.74) is 0. The zero-order chi connectivity index (χ0) is 7.28. The van der Waals surface area contributed by atoms with Crippen LogP contribution in [0.5, 0.6) is 0 Å². The Morgan fingerprint density at radius 2 is 2.33 bits per heavy atom. The number of methoxy groups -OCH3 is 1. The molecule has 0 aromatic rings. The molecule has 0 aromatic heterocycles. The highest BCUT2D eigenvalue weighted by molar-refractivity contribution is 5.80. The van der Waals surface area contributed by atoms with Crippen molar-refractivity contribution in [3.8, 4) is 0 Å². The summed E-state index contributed by atoms with van der Waals surface area (Å²) in [6, 6.07) is 0. The van der Waals surface area contributed by atoms with Crippen LogP contribution in [0, 0.1) is 0 Å². The van der Waals surface area contributed by atoms with Crippen molar-refractivity contribution in [1.82, 2.24) is 0 Å². The summed E-state index contributed by atoms with van der Waals surface area (Å²) in [6.45, 7) is 1.83. The molecular weight excluding hydrogens is 120 g/mol. The van der Waals surface area contributed by atoms with Gasteiger partial charge in [-0.3, -0.25) is 0 Å². The second-order valence-electron chi connectivity index (χ2n) is 1.51. The molecule has 0 fully saturated rings. The Balaban J connectivity index is 3.91. The molecule has 0 saturated carbocycles. The van der Waals surface area contributed by atoms with Gasteiger partial charge in [0, 0.05) is 6.42 Å². The topological polar surface area (TPSA) is 46.5 Å². The quantitative estimate of drug-likeness (QED) is 0.458. The minimum absolute atomic E-state index is 0.488. The van der Waals surface area contributed by atoms with Crippen LogP contribution in [0.25, 0.3) is 0 Å². The average molecular weight is 130 g/mol. The van der Waals surface area contributed by atoms with E-state index in [-0.39, 0.29) is 0 Å². The molecule has 3 nitrogen and oxygen atoms in total. The lowest BCUT2D eigenvalue weighted by molar-refractivity contribution is -0.131. The van der Waals surface area contributed by atoms with Crippen LogP contribution in [0.1, 0.15) is 13.3 Å². The Hall–Kier alpha value is -0.990. The van der Waals surface area contributed by atoms with Gasteiger partial charge in [-0.25, -0.2) is 4.79 Å². The van der Waals surface area contributed by atoms with Crippen molar-refractivity contribution in [2.24, 2.45) is 0 Å². The van der Waals surface area contributed by atoms with Crippen LogP contribution in [-0.2, 0) is 9.53 Å². The Morgan fingerprint density at radius 1 is 1.78 bits per heavy atom. The Bertz CT molecular complexity index is 120. The molecular formula is C6H10O3. The monoisotopic (exact) mass is 130 g/mol. The molecule has 0 aliphatic carbocycles. The zero-order valence-electron chi connectivity index (χ0n) is 5.55. The highest BCUT2D eigenvalue weighted by Gasteiger charge is 1.94. The summed E-state index contributed by atoms with van der Waals surface area (Å²) >= 11 is 0. The minimum atomic E-state index is -0.964. The first kappa shape index (κ1) is 8.01. The molecule has 0 saturated heterocycles. The summed E-state index contributed by atoms with van der Waals surface area (Å²) in [5, 5.41) is 8.19. The summed E-state index contributed by atoms with van der Waals surface area (Å²) in [5.74, 6) is -0.476. The van der Waals surface area contributed by atoms with Gasteiger partial charge in [-0.1, -0.05) is 6.92 Å². The fourth-order valence-corrected chi connectivity index (χ4v) is 0.443. The van der Waals surface area contributed by atoms with E-state index in [4.69, 9.17) is 9.84 Å². The van der Waals surface area contributed by atoms with E-state index in [2.05, 4.69) is 0 Å². The first-order valence-corrected chi connectivity index (χ1v) is 2.68. The molecule has 0 radical (unpaired) electrons. The van der Waals surface area contributed by atoms with E-state index >= 15 is 0 Å². The molecule has 0 amide bonds. The molecule has 0 heterocycles. The highest BCUT2D eigenvalue weighted by Crippen LogP contribution is 1.98. The molecule has 3 heteroatoms. The number of rotatable bonds is 3. The Morgan fingerprint density at radius 3 is 2.44 bits per heavy atom. The molecule has 0 aromatic carbocycles. The number of carboxylic acid groups (broad SMARTS) is 1. The fraction of sp³-hybridized carbons (Fsp3) is 0.500. The van der Waals surface area contributed by atoms with Gasteiger partial charge < -0.3 is 9.84 Å². The summed E-state index contributed by atoms with van der Waals surface area (Å²) in [7, 11) is 1.46. The maximum atomic E-state index is 9.97. The normalized spacial score (nSPS) is 11.1. The molecule has 0 aliphatic rings. The van der Waals surface area contributed by atoms with Crippen molar-refractivity contribution in [3.63, 3.8) is 0 Å². The Kier molecular flexibility index (Phi) is 3.51. The second kappa shape index (κ2) is 3.95. The predicted octanol–water partition coefficient (Wildman–Crippen LogP) is 1.01. The standard InChI is InChI=1S/C6H10O3/c1-3-5(9-2)4-6(7)8/h4H,3H2,1-2H3,(H,7,8)/b5-4-. The second-order valence-corrected chi connectivity index (χ2v) is 1.51. The molecule has 0 spiro atoms. The van der Waals surface area contributed by atoms with Gasteiger partial charge in [-0.05, 0) is 0 Å². The van der Waals surface area contributed by atoms with Crippen molar-refractivity contribution in [3.05, 3.63) is 11.8 Å². The third-order valence-corrected chi connectivity index (χ3v) is 0.895. The number of hydrogen-bond donors (Lipinski definition) is 1. The smallest absolute Gasteiger partial charge is 0.331 e. The molecule has 0 rings (SSSR count). The Labute approximate surface area is 53.9 Å². The van der Waals surface area contributed by atoms with Gasteiger partial charge in [0.1, 0.15) is 5.76 Å². The third kappa shape index (κ3) is 3.58. The maximum Gasteiger partial charge on any atom is 0.331 e. The predicted molar refractivity (Wildman–Crippen MR) is 33.0 cm³/mol. The molecule has 52 valence electrons. The van der Waals surface area contributed by atoms with Crippen LogP contribution in [0.4, 0.5) is 0 Å². The van der Waals surface area contributed by atoms with Crippen LogP contribution in [0.2, 0.25) is 0 Å². The van der Waals surface area contributed by atoms with Gasteiger partial charge >= 0.3 is 5.97 Å². The van der Waals surface area contributed by atoms with Crippen LogP contribution in [0.15, 0.2) is 11.8 Å². The lowest BCUT2D eigenvalue weighted by Gasteiger charge is -1.98. The van der Waals surface area contributed by atoms with Gasteiger partial charge in [0.15, 0.2) is 0 Å². The molecule has 0 atom stereocenters. The van der Waals surface area contributed by atoms with E-state index in [0.717, 1.165) is 6.08 Å². The van der Waals surface area contributed by atoms with E-state index in [1.807, 2.05) is 6.92 Å². The number of carbonyl (C=O) groups is 1. The van der Waals surface area contributed by atoms with Crippen LogP contribution < -0.4 is 0 Å². The number of ether oxygens (including phenoxy) is 1. The number of hydrogen-bond acceptors (Lipinski definition) is 2. The number of carboxylic acids is 1. The van der Waals surface area contributed by atoms with E-state index in [1.54, 1.807) is 0 Å². The molecule has 0 aliphatic heterocycles. The minimum Gasteiger partial charge on any atom is -0.501 e. The van der Waals surface area contributed by atoms with Gasteiger partial charge in [-0.15, -0.1) is 0 Å². The summed E-state index contributed by atoms with van der Waals surface area (Å²) < 4.78 is 4.69. The summed E-state index contributed by atoms with van der Waals surface area (Å²) in [6.07, 6.45) is 1.67. The SMILES string of the molecule is CC/C(=C/C(=O)O)OC. The molecule has 0 bridgehead atoms. The molecule has 0 unspecified atom stereocenters. The first-order valence-electron chi connectivity index (χ1n) is 2.68. The van der Waals surface area contributed by atoms with Gasteiger partial charge in [-0.2, -0.15) is 0 Å². The van der Waals surface area contributed by atoms with E-state index in [0.29, 0.717) is 12.2 Å². The van der Waals surface area contributed by atoms with Gasteiger partial charge in [0.25, 0.3) is 0 Å². The number of aliphatic carboxylic acids is 1.